The Morgan fingerprint density at radius 1 is 1.16 bits per heavy atom. The minimum Gasteiger partial charge on any atom is -0.392 e. The molecule has 0 amide bonds. The first-order valence-corrected chi connectivity index (χ1v) is 6.81. The van der Waals surface area contributed by atoms with Gasteiger partial charge in [-0.15, -0.1) is 0 Å². The van der Waals surface area contributed by atoms with Gasteiger partial charge in [0.05, 0.1) is 12.6 Å². The monoisotopic (exact) mass is 253 g/mol. The smallest absolute Gasteiger partial charge is 0.0681 e. The van der Waals surface area contributed by atoms with Crippen LogP contribution in [0.25, 0.3) is 0 Å². The Morgan fingerprint density at radius 3 is 2.79 bits per heavy atom. The summed E-state index contributed by atoms with van der Waals surface area (Å²) in [5.74, 6) is 0. The molecule has 0 bridgehead atoms. The van der Waals surface area contributed by atoms with Gasteiger partial charge < -0.3 is 10.4 Å². The maximum atomic E-state index is 9.21. The van der Waals surface area contributed by atoms with Crippen molar-refractivity contribution in [3.8, 4) is 0 Å². The van der Waals surface area contributed by atoms with Gasteiger partial charge in [-0.2, -0.15) is 0 Å². The van der Waals surface area contributed by atoms with Gasteiger partial charge in [-0.25, -0.2) is 0 Å². The molecule has 2 aromatic rings. The van der Waals surface area contributed by atoms with E-state index in [4.69, 9.17) is 0 Å². The Kier molecular flexibility index (Phi) is 3.36. The molecule has 1 heterocycles. The molecule has 0 spiro atoms. The molecule has 1 aliphatic heterocycles. The average Bonchev–Trinajstić information content (AvgIpc) is 2.46. The molecule has 1 aliphatic rings. The highest BCUT2D eigenvalue weighted by atomic mass is 16.3. The fourth-order valence-corrected chi connectivity index (χ4v) is 2.94. The van der Waals surface area contributed by atoms with Crippen molar-refractivity contribution in [2.24, 2.45) is 0 Å². The van der Waals surface area contributed by atoms with Crippen molar-refractivity contribution in [2.75, 3.05) is 6.54 Å². The number of rotatable bonds is 2. The molecule has 0 saturated heterocycles. The minimum atomic E-state index is 0.107. The van der Waals surface area contributed by atoms with E-state index in [1.165, 1.54) is 22.3 Å². The highest BCUT2D eigenvalue weighted by Gasteiger charge is 2.21. The molecular weight excluding hydrogens is 234 g/mol. The van der Waals surface area contributed by atoms with Gasteiger partial charge in [0.25, 0.3) is 0 Å². The van der Waals surface area contributed by atoms with Crippen molar-refractivity contribution in [3.63, 3.8) is 0 Å². The molecule has 0 saturated carbocycles. The second-order valence-electron chi connectivity index (χ2n) is 5.19. The third-order valence-corrected chi connectivity index (χ3v) is 3.94. The number of aliphatic hydroxyl groups excluding tert-OH is 1. The summed E-state index contributed by atoms with van der Waals surface area (Å²) in [5.41, 5.74) is 6.35. The van der Waals surface area contributed by atoms with Gasteiger partial charge in [0.2, 0.25) is 0 Å². The van der Waals surface area contributed by atoms with Gasteiger partial charge in [0.15, 0.2) is 0 Å². The average molecular weight is 253 g/mol. The predicted molar refractivity (Wildman–Crippen MR) is 77.1 cm³/mol. The van der Waals surface area contributed by atoms with E-state index in [-0.39, 0.29) is 12.6 Å². The highest BCUT2D eigenvalue weighted by molar-refractivity contribution is 5.43. The Balaban J connectivity index is 2.04. The Bertz CT molecular complexity index is 592. The van der Waals surface area contributed by atoms with Crippen LogP contribution in [0.3, 0.4) is 0 Å². The first-order valence-electron chi connectivity index (χ1n) is 6.81. The standard InChI is InChI=1S/C17H19NO/c1-12-10-13(11-19)6-7-15(12)17-16-5-3-2-4-14(16)8-9-18-17/h2-7,10,17-19H,8-9,11H2,1H3. The lowest BCUT2D eigenvalue weighted by molar-refractivity contribution is 0.281. The number of hydrogen-bond donors (Lipinski definition) is 2. The Hall–Kier alpha value is -1.64. The van der Waals surface area contributed by atoms with Gasteiger partial charge in [-0.1, -0.05) is 42.5 Å². The van der Waals surface area contributed by atoms with Gasteiger partial charge >= 0.3 is 0 Å². The van der Waals surface area contributed by atoms with Crippen LogP contribution in [0, 0.1) is 6.92 Å². The van der Waals surface area contributed by atoms with E-state index in [0.29, 0.717) is 0 Å². The zero-order chi connectivity index (χ0) is 13.2. The SMILES string of the molecule is Cc1cc(CO)ccc1C1NCCc2ccccc21. The summed E-state index contributed by atoms with van der Waals surface area (Å²) in [6, 6.07) is 15.2. The summed E-state index contributed by atoms with van der Waals surface area (Å²) >= 11 is 0. The van der Waals surface area contributed by atoms with Gasteiger partial charge in [0, 0.05) is 6.54 Å². The Morgan fingerprint density at radius 2 is 2.00 bits per heavy atom. The number of benzene rings is 2. The second kappa shape index (κ2) is 5.16. The molecule has 0 aromatic heterocycles. The number of aliphatic hydroxyl groups is 1. The normalized spacial score (nSPS) is 18.1. The lowest BCUT2D eigenvalue weighted by Gasteiger charge is -2.28. The van der Waals surface area contributed by atoms with E-state index < -0.39 is 0 Å². The molecule has 2 heteroatoms. The topological polar surface area (TPSA) is 32.3 Å². The van der Waals surface area contributed by atoms with Gasteiger partial charge in [0.1, 0.15) is 0 Å². The van der Waals surface area contributed by atoms with E-state index in [1.807, 2.05) is 6.07 Å². The summed E-state index contributed by atoms with van der Waals surface area (Å²) in [6.45, 7) is 3.24. The number of nitrogens with one attached hydrogen (secondary N) is 1. The lowest BCUT2D eigenvalue weighted by atomic mass is 9.87. The summed E-state index contributed by atoms with van der Waals surface area (Å²) in [5, 5.41) is 12.8. The van der Waals surface area contributed by atoms with Crippen LogP contribution in [-0.4, -0.2) is 11.7 Å². The van der Waals surface area contributed by atoms with Crippen LogP contribution < -0.4 is 5.32 Å². The van der Waals surface area contributed by atoms with E-state index in [9.17, 15) is 5.11 Å². The summed E-state index contributed by atoms with van der Waals surface area (Å²) < 4.78 is 0. The van der Waals surface area contributed by atoms with Crippen LogP contribution in [-0.2, 0) is 13.0 Å². The Labute approximate surface area is 114 Å². The number of aryl methyl sites for hydroxylation is 1. The predicted octanol–water partition coefficient (Wildman–Crippen LogP) is 2.72. The number of hydrogen-bond acceptors (Lipinski definition) is 2. The van der Waals surface area contributed by atoms with Gasteiger partial charge in [-0.05, 0) is 41.2 Å². The van der Waals surface area contributed by atoms with Crippen molar-refractivity contribution >= 4 is 0 Å². The molecule has 2 aromatic carbocycles. The minimum absolute atomic E-state index is 0.107. The first-order chi connectivity index (χ1) is 9.29. The fourth-order valence-electron chi connectivity index (χ4n) is 2.94. The first kappa shape index (κ1) is 12.4. The molecule has 1 unspecified atom stereocenters. The third kappa shape index (κ3) is 2.29. The van der Waals surface area contributed by atoms with Crippen molar-refractivity contribution in [3.05, 3.63) is 70.3 Å². The quantitative estimate of drug-likeness (QED) is 0.862. The zero-order valence-electron chi connectivity index (χ0n) is 11.2. The molecule has 1 atom stereocenters. The molecule has 2 N–H and O–H groups in total. The molecule has 3 rings (SSSR count). The van der Waals surface area contributed by atoms with Crippen LogP contribution in [0.4, 0.5) is 0 Å². The van der Waals surface area contributed by atoms with Crippen molar-refractivity contribution in [1.82, 2.24) is 5.32 Å². The summed E-state index contributed by atoms with van der Waals surface area (Å²) in [7, 11) is 0. The fraction of sp³-hybridized carbons (Fsp3) is 0.294. The van der Waals surface area contributed by atoms with Crippen LogP contribution in [0.2, 0.25) is 0 Å². The van der Waals surface area contributed by atoms with E-state index in [0.717, 1.165) is 18.5 Å². The molecule has 0 fully saturated rings. The van der Waals surface area contributed by atoms with E-state index in [1.54, 1.807) is 0 Å². The van der Waals surface area contributed by atoms with Crippen LogP contribution >= 0.6 is 0 Å². The molecule has 2 nitrogen and oxygen atoms in total. The van der Waals surface area contributed by atoms with Crippen molar-refractivity contribution < 1.29 is 5.11 Å². The van der Waals surface area contributed by atoms with Crippen molar-refractivity contribution in [2.45, 2.75) is 26.0 Å². The van der Waals surface area contributed by atoms with Crippen LogP contribution in [0.5, 0.6) is 0 Å². The highest BCUT2D eigenvalue weighted by Crippen LogP contribution is 2.30. The molecule has 98 valence electrons. The molecule has 0 radical (unpaired) electrons. The maximum Gasteiger partial charge on any atom is 0.0681 e. The van der Waals surface area contributed by atoms with Gasteiger partial charge in [-0.3, -0.25) is 0 Å². The maximum absolute atomic E-state index is 9.21. The number of fused-ring (bicyclic) bond motifs is 1. The summed E-state index contributed by atoms with van der Waals surface area (Å²) in [4.78, 5) is 0. The van der Waals surface area contributed by atoms with E-state index in [2.05, 4.69) is 48.6 Å². The van der Waals surface area contributed by atoms with E-state index >= 15 is 0 Å². The summed E-state index contributed by atoms with van der Waals surface area (Å²) in [6.07, 6.45) is 1.10. The lowest BCUT2D eigenvalue weighted by Crippen LogP contribution is -2.31. The molecule has 0 aliphatic carbocycles. The third-order valence-electron chi connectivity index (χ3n) is 3.94. The largest absolute Gasteiger partial charge is 0.392 e. The van der Waals surface area contributed by atoms with Crippen LogP contribution in [0.1, 0.15) is 33.9 Å². The van der Waals surface area contributed by atoms with Crippen LogP contribution in [0.15, 0.2) is 42.5 Å². The molecular formula is C17H19NO. The van der Waals surface area contributed by atoms with Crippen molar-refractivity contribution in [1.29, 1.82) is 0 Å². The second-order valence-corrected chi connectivity index (χ2v) is 5.19. The zero-order valence-corrected chi connectivity index (χ0v) is 11.2. The molecule has 19 heavy (non-hydrogen) atoms.